The maximum absolute atomic E-state index is 12.9. The molecular weight excluding hydrogens is 658 g/mol. The van der Waals surface area contributed by atoms with E-state index in [-0.39, 0.29) is 6.42 Å². The summed E-state index contributed by atoms with van der Waals surface area (Å²) in [4.78, 5) is 12.9. The Labute approximate surface area is 294 Å². The summed E-state index contributed by atoms with van der Waals surface area (Å²) in [6, 6.07) is -1.13. The lowest BCUT2D eigenvalue weighted by Crippen LogP contribution is -2.61. The minimum absolute atomic E-state index is 0.238. The smallest absolute Gasteiger partial charge is 0.394 e. The van der Waals surface area contributed by atoms with Gasteiger partial charge in [-0.05, 0) is 25.7 Å². The average molecular weight is 724 g/mol. The molecule has 13 nitrogen and oxygen atoms in total. The van der Waals surface area contributed by atoms with Crippen molar-refractivity contribution in [3.8, 4) is 0 Å². The minimum Gasteiger partial charge on any atom is -0.394 e. The molecule has 1 saturated heterocycles. The van der Waals surface area contributed by atoms with E-state index in [1.165, 1.54) is 63.9 Å². The van der Waals surface area contributed by atoms with Crippen molar-refractivity contribution in [3.05, 3.63) is 24.3 Å². The first-order valence-electron chi connectivity index (χ1n) is 18.3. The quantitative estimate of drug-likeness (QED) is 0.0332. The van der Waals surface area contributed by atoms with Crippen molar-refractivity contribution in [1.82, 2.24) is 5.32 Å². The Morgan fingerprint density at radius 3 is 1.92 bits per heavy atom. The van der Waals surface area contributed by atoms with Crippen LogP contribution in [0.2, 0.25) is 0 Å². The first-order chi connectivity index (χ1) is 23.4. The number of rotatable bonds is 29. The van der Waals surface area contributed by atoms with Crippen molar-refractivity contribution in [2.75, 3.05) is 13.2 Å². The van der Waals surface area contributed by atoms with E-state index in [1.807, 2.05) is 6.08 Å². The number of carbonyl (C=O) groups excluding carboxylic acids is 1. The second kappa shape index (κ2) is 27.2. The van der Waals surface area contributed by atoms with Gasteiger partial charge in [0.05, 0.1) is 25.4 Å². The highest BCUT2D eigenvalue weighted by molar-refractivity contribution is 7.80. The van der Waals surface area contributed by atoms with Crippen LogP contribution in [0.4, 0.5) is 0 Å². The molecule has 7 N–H and O–H groups in total. The molecule has 1 amide bonds. The largest absolute Gasteiger partial charge is 0.397 e. The van der Waals surface area contributed by atoms with Crippen LogP contribution < -0.4 is 5.32 Å². The molecule has 1 rings (SSSR count). The predicted octanol–water partition coefficient (Wildman–Crippen LogP) is 4.01. The molecule has 8 unspecified atom stereocenters. The number of hydrogen-bond acceptors (Lipinski definition) is 11. The minimum atomic E-state index is -5.11. The third-order valence-corrected chi connectivity index (χ3v) is 9.04. The fourth-order valence-electron chi connectivity index (χ4n) is 5.60. The molecule has 1 heterocycles. The zero-order valence-corrected chi connectivity index (χ0v) is 30.4. The standard InChI is InChI=1S/C35H65NO12S/c1-3-5-7-9-11-12-13-14-15-16-18-20-22-24-29(39)34(42)36-27(28(38)23-21-19-17-10-8-6-4-2)26-46-35-32(41)33(48-49(43,44)45)31(40)30(25-37)47-35/h8,10,21,23,27-33,35,37-41H,3-7,9,11-20,22,24-26H2,1-2H3,(H,36,42)(H,43,44,45)/b10-8+,23-21+. The average Bonchev–Trinajstić information content (AvgIpc) is 3.06. The van der Waals surface area contributed by atoms with E-state index in [0.717, 1.165) is 38.5 Å². The third-order valence-electron chi connectivity index (χ3n) is 8.57. The topological polar surface area (TPSA) is 212 Å². The molecule has 49 heavy (non-hydrogen) atoms. The number of carbonyl (C=O) groups is 1. The lowest BCUT2D eigenvalue weighted by atomic mass is 9.99. The van der Waals surface area contributed by atoms with Gasteiger partial charge < -0.3 is 40.3 Å². The molecule has 0 spiro atoms. The number of nitrogens with one attached hydrogen (secondary N) is 1. The molecule has 1 aliphatic rings. The summed E-state index contributed by atoms with van der Waals surface area (Å²) >= 11 is 0. The summed E-state index contributed by atoms with van der Waals surface area (Å²) < 4.78 is 47.0. The van der Waals surface area contributed by atoms with Gasteiger partial charge in [0.25, 0.3) is 0 Å². The molecule has 14 heteroatoms. The summed E-state index contributed by atoms with van der Waals surface area (Å²) in [6.45, 7) is 3.02. The first-order valence-corrected chi connectivity index (χ1v) is 19.7. The monoisotopic (exact) mass is 723 g/mol. The Hall–Kier alpha value is -1.46. The summed E-state index contributed by atoms with van der Waals surface area (Å²) in [5.74, 6) is -0.719. The summed E-state index contributed by atoms with van der Waals surface area (Å²) in [7, 11) is -5.11. The third kappa shape index (κ3) is 20.9. The van der Waals surface area contributed by atoms with E-state index < -0.39 is 78.5 Å². The van der Waals surface area contributed by atoms with Crippen molar-refractivity contribution < 1.29 is 57.0 Å². The van der Waals surface area contributed by atoms with Gasteiger partial charge in [-0.3, -0.25) is 9.35 Å². The number of unbranched alkanes of at least 4 members (excludes halogenated alkanes) is 14. The fourth-order valence-corrected chi connectivity index (χ4v) is 6.11. The van der Waals surface area contributed by atoms with Crippen LogP contribution in [0.3, 0.4) is 0 Å². The molecule has 0 radical (unpaired) electrons. The SMILES string of the molecule is CCC/C=C/CC/C=C/C(O)C(COC1OC(CO)C(O)C(OS(=O)(=O)O)C1O)NC(=O)C(O)CCCCCCCCCCCCCCC. The Morgan fingerprint density at radius 2 is 1.37 bits per heavy atom. The molecular formula is C35H65NO12S. The van der Waals surface area contributed by atoms with Crippen LogP contribution in [-0.4, -0.2) is 107 Å². The molecule has 288 valence electrons. The van der Waals surface area contributed by atoms with Crippen LogP contribution in [0.15, 0.2) is 24.3 Å². The van der Waals surface area contributed by atoms with E-state index in [9.17, 15) is 38.7 Å². The van der Waals surface area contributed by atoms with Gasteiger partial charge in [0.2, 0.25) is 5.91 Å². The van der Waals surface area contributed by atoms with Crippen LogP contribution in [0.25, 0.3) is 0 Å². The summed E-state index contributed by atoms with van der Waals surface area (Å²) in [5, 5.41) is 54.5. The lowest BCUT2D eigenvalue weighted by Gasteiger charge is -2.41. The van der Waals surface area contributed by atoms with Crippen molar-refractivity contribution >= 4 is 16.3 Å². The molecule has 0 aromatic heterocycles. The zero-order chi connectivity index (χ0) is 36.5. The molecule has 8 atom stereocenters. The normalized spacial score (nSPS) is 23.6. The van der Waals surface area contributed by atoms with Crippen LogP contribution in [0.1, 0.15) is 129 Å². The number of aliphatic hydroxyl groups excluding tert-OH is 5. The number of amides is 1. The Kier molecular flexibility index (Phi) is 25.3. The van der Waals surface area contributed by atoms with Crippen molar-refractivity contribution in [2.45, 2.75) is 178 Å². The Bertz CT molecular complexity index is 1010. The number of hydrogen-bond donors (Lipinski definition) is 7. The maximum Gasteiger partial charge on any atom is 0.397 e. The van der Waals surface area contributed by atoms with Gasteiger partial charge in [0, 0.05) is 0 Å². The van der Waals surface area contributed by atoms with E-state index in [4.69, 9.17) is 14.0 Å². The van der Waals surface area contributed by atoms with Crippen LogP contribution in [0.5, 0.6) is 0 Å². The van der Waals surface area contributed by atoms with Crippen LogP contribution in [-0.2, 0) is 28.9 Å². The Morgan fingerprint density at radius 1 is 0.816 bits per heavy atom. The second-order valence-corrected chi connectivity index (χ2v) is 14.0. The highest BCUT2D eigenvalue weighted by atomic mass is 32.3. The van der Waals surface area contributed by atoms with Crippen molar-refractivity contribution in [1.29, 1.82) is 0 Å². The van der Waals surface area contributed by atoms with Crippen LogP contribution >= 0.6 is 0 Å². The zero-order valence-electron chi connectivity index (χ0n) is 29.6. The predicted molar refractivity (Wildman–Crippen MR) is 187 cm³/mol. The van der Waals surface area contributed by atoms with Gasteiger partial charge in [0.1, 0.15) is 30.5 Å². The van der Waals surface area contributed by atoms with Gasteiger partial charge in [-0.2, -0.15) is 8.42 Å². The molecule has 0 bridgehead atoms. The summed E-state index contributed by atoms with van der Waals surface area (Å²) in [6.07, 6.45) is 14.7. The van der Waals surface area contributed by atoms with E-state index in [1.54, 1.807) is 6.08 Å². The molecule has 1 aliphatic heterocycles. The maximum atomic E-state index is 12.9. The van der Waals surface area contributed by atoms with Gasteiger partial charge >= 0.3 is 10.4 Å². The first kappa shape index (κ1) is 45.6. The van der Waals surface area contributed by atoms with Gasteiger partial charge in [-0.15, -0.1) is 0 Å². The lowest BCUT2D eigenvalue weighted by molar-refractivity contribution is -0.298. The summed E-state index contributed by atoms with van der Waals surface area (Å²) in [5.41, 5.74) is 0. The molecule has 0 saturated carbocycles. The fraction of sp³-hybridized carbons (Fsp3) is 0.857. The number of ether oxygens (including phenoxy) is 2. The number of aliphatic hydroxyl groups is 5. The van der Waals surface area contributed by atoms with E-state index >= 15 is 0 Å². The molecule has 0 aromatic carbocycles. The second-order valence-electron chi connectivity index (χ2n) is 12.9. The van der Waals surface area contributed by atoms with E-state index in [2.05, 4.69) is 29.4 Å². The molecule has 0 aromatic rings. The van der Waals surface area contributed by atoms with Gasteiger partial charge in [-0.25, -0.2) is 4.18 Å². The van der Waals surface area contributed by atoms with E-state index in [0.29, 0.717) is 12.8 Å². The molecule has 0 aliphatic carbocycles. The highest BCUT2D eigenvalue weighted by Crippen LogP contribution is 2.26. The highest BCUT2D eigenvalue weighted by Gasteiger charge is 2.48. The van der Waals surface area contributed by atoms with Gasteiger partial charge in [0.15, 0.2) is 6.29 Å². The molecule has 1 fully saturated rings. The van der Waals surface area contributed by atoms with Crippen LogP contribution in [0, 0.1) is 0 Å². The van der Waals surface area contributed by atoms with Gasteiger partial charge in [-0.1, -0.05) is 128 Å². The van der Waals surface area contributed by atoms with Crippen molar-refractivity contribution in [2.24, 2.45) is 0 Å². The van der Waals surface area contributed by atoms with Crippen molar-refractivity contribution in [3.63, 3.8) is 0 Å². The number of allylic oxidation sites excluding steroid dienone is 3. The Balaban J connectivity index is 2.68.